The molecule has 0 atom stereocenters. The van der Waals surface area contributed by atoms with E-state index in [1.807, 2.05) is 30.5 Å². The molecule has 0 spiro atoms. The molecule has 24 heavy (non-hydrogen) atoms. The van der Waals surface area contributed by atoms with Crippen LogP contribution in [0, 0.1) is 0 Å². The number of para-hydroxylation sites is 1. The second kappa shape index (κ2) is 6.67. The number of nitrogens with zero attached hydrogens (tertiary/aromatic N) is 1. The molecule has 0 aliphatic heterocycles. The number of benzene rings is 1. The van der Waals surface area contributed by atoms with Gasteiger partial charge >= 0.3 is 5.97 Å². The highest BCUT2D eigenvalue weighted by Gasteiger charge is 2.17. The van der Waals surface area contributed by atoms with Gasteiger partial charge in [-0.2, -0.15) is 0 Å². The number of aromatic amines is 1. The fraction of sp³-hybridized carbons (Fsp3) is 0.118. The summed E-state index contributed by atoms with van der Waals surface area (Å²) in [6.45, 7) is 1.44. The zero-order valence-electron chi connectivity index (χ0n) is 13.1. The van der Waals surface area contributed by atoms with Gasteiger partial charge in [0.15, 0.2) is 5.69 Å². The Morgan fingerprint density at radius 2 is 2.12 bits per heavy atom. The Morgan fingerprint density at radius 3 is 2.88 bits per heavy atom. The number of hydrogen-bond acceptors (Lipinski definition) is 5. The highest BCUT2D eigenvalue weighted by atomic mass is 32.1. The molecule has 6 nitrogen and oxygen atoms in total. The number of thiazole rings is 1. The van der Waals surface area contributed by atoms with Crippen LogP contribution >= 0.6 is 11.3 Å². The van der Waals surface area contributed by atoms with Gasteiger partial charge in [0.05, 0.1) is 7.11 Å². The summed E-state index contributed by atoms with van der Waals surface area (Å²) in [4.78, 5) is 30.5. The number of methoxy groups -OCH3 is 1. The Kier molecular flexibility index (Phi) is 4.43. The van der Waals surface area contributed by atoms with Gasteiger partial charge in [0, 0.05) is 46.7 Å². The number of fused-ring (bicyclic) bond motifs is 1. The molecule has 0 saturated carbocycles. The largest absolute Gasteiger partial charge is 0.464 e. The standard InChI is InChI=1S/C17H15N3O3S/c1-10(21)18-8-13(16-20-15(9-24-16)17(22)23-2)12-7-19-14-6-4-3-5-11(12)14/h3-9,19H,1-2H3,(H,18,21). The lowest BCUT2D eigenvalue weighted by Gasteiger charge is -2.04. The predicted octanol–water partition coefficient (Wildman–Crippen LogP) is 2.94. The Labute approximate surface area is 142 Å². The van der Waals surface area contributed by atoms with E-state index in [1.54, 1.807) is 11.6 Å². The average molecular weight is 341 g/mol. The summed E-state index contributed by atoms with van der Waals surface area (Å²) >= 11 is 1.31. The van der Waals surface area contributed by atoms with Crippen LogP contribution in [0.1, 0.15) is 28.0 Å². The summed E-state index contributed by atoms with van der Waals surface area (Å²) in [6.07, 6.45) is 3.47. The van der Waals surface area contributed by atoms with Crippen molar-refractivity contribution < 1.29 is 14.3 Å². The summed E-state index contributed by atoms with van der Waals surface area (Å²) < 4.78 is 4.70. The lowest BCUT2D eigenvalue weighted by atomic mass is 10.1. The molecular weight excluding hydrogens is 326 g/mol. The van der Waals surface area contributed by atoms with Gasteiger partial charge in [0.2, 0.25) is 5.91 Å². The van der Waals surface area contributed by atoms with Gasteiger partial charge in [-0.05, 0) is 6.07 Å². The highest BCUT2D eigenvalue weighted by molar-refractivity contribution is 7.11. The fourth-order valence-electron chi connectivity index (χ4n) is 2.32. The first-order valence-corrected chi connectivity index (χ1v) is 8.06. The third-order valence-corrected chi connectivity index (χ3v) is 4.30. The molecule has 0 saturated heterocycles. The number of carbonyl (C=O) groups excluding carboxylic acids is 2. The lowest BCUT2D eigenvalue weighted by Crippen LogP contribution is -2.13. The molecule has 0 unspecified atom stereocenters. The number of nitrogens with one attached hydrogen (secondary N) is 2. The van der Waals surface area contributed by atoms with Crippen LogP contribution in [-0.2, 0) is 9.53 Å². The minimum absolute atomic E-state index is 0.183. The smallest absolute Gasteiger partial charge is 0.357 e. The summed E-state index contributed by atoms with van der Waals surface area (Å²) in [5, 5.41) is 5.94. The second-order valence-corrected chi connectivity index (χ2v) is 5.89. The van der Waals surface area contributed by atoms with E-state index in [-0.39, 0.29) is 11.6 Å². The normalized spacial score (nSPS) is 11.5. The fourth-order valence-corrected chi connectivity index (χ4v) is 3.14. The van der Waals surface area contributed by atoms with Crippen molar-refractivity contribution in [1.29, 1.82) is 0 Å². The molecule has 122 valence electrons. The first-order valence-electron chi connectivity index (χ1n) is 7.18. The summed E-state index contributed by atoms with van der Waals surface area (Å²) in [6, 6.07) is 7.84. The minimum atomic E-state index is -0.490. The molecule has 3 rings (SSSR count). The summed E-state index contributed by atoms with van der Waals surface area (Å²) in [7, 11) is 1.31. The monoisotopic (exact) mass is 341 g/mol. The Hall–Kier alpha value is -2.93. The quantitative estimate of drug-likeness (QED) is 0.715. The van der Waals surface area contributed by atoms with Crippen LogP contribution < -0.4 is 5.32 Å². The maximum absolute atomic E-state index is 11.6. The predicted molar refractivity (Wildman–Crippen MR) is 92.6 cm³/mol. The van der Waals surface area contributed by atoms with E-state index < -0.39 is 5.97 Å². The zero-order chi connectivity index (χ0) is 17.1. The van der Waals surface area contributed by atoms with Gasteiger partial charge in [-0.25, -0.2) is 9.78 Å². The Bertz CT molecular complexity index is 939. The molecule has 0 aliphatic rings. The number of amides is 1. The zero-order valence-corrected chi connectivity index (χ0v) is 13.9. The molecule has 7 heteroatoms. The number of aromatic nitrogens is 2. The van der Waals surface area contributed by atoms with Crippen LogP contribution in [0.25, 0.3) is 16.5 Å². The van der Waals surface area contributed by atoms with Crippen LogP contribution in [0.3, 0.4) is 0 Å². The van der Waals surface area contributed by atoms with Crippen molar-refractivity contribution in [3.63, 3.8) is 0 Å². The second-order valence-electron chi connectivity index (χ2n) is 5.04. The molecule has 2 N–H and O–H groups in total. The van der Waals surface area contributed by atoms with Crippen molar-refractivity contribution in [2.45, 2.75) is 6.92 Å². The van der Waals surface area contributed by atoms with E-state index in [0.29, 0.717) is 5.01 Å². The van der Waals surface area contributed by atoms with Crippen LogP contribution in [0.2, 0.25) is 0 Å². The Balaban J connectivity index is 2.10. The number of esters is 1. The van der Waals surface area contributed by atoms with Gasteiger partial charge in [-0.3, -0.25) is 4.79 Å². The number of ether oxygens (including phenoxy) is 1. The van der Waals surface area contributed by atoms with Gasteiger partial charge < -0.3 is 15.0 Å². The maximum Gasteiger partial charge on any atom is 0.357 e. The van der Waals surface area contributed by atoms with Crippen molar-refractivity contribution in [3.8, 4) is 0 Å². The van der Waals surface area contributed by atoms with Gasteiger partial charge in [0.25, 0.3) is 0 Å². The average Bonchev–Trinajstić information content (AvgIpc) is 3.22. The van der Waals surface area contributed by atoms with E-state index in [4.69, 9.17) is 4.74 Å². The third kappa shape index (κ3) is 3.07. The molecule has 0 radical (unpaired) electrons. The Morgan fingerprint density at radius 1 is 1.33 bits per heavy atom. The summed E-state index contributed by atoms with van der Waals surface area (Å²) in [5.41, 5.74) is 2.84. The molecule has 1 amide bonds. The van der Waals surface area contributed by atoms with E-state index in [9.17, 15) is 9.59 Å². The molecule has 2 heterocycles. The molecular formula is C17H15N3O3S. The first kappa shape index (κ1) is 15.9. The minimum Gasteiger partial charge on any atom is -0.464 e. The molecule has 0 fully saturated rings. The van der Waals surface area contributed by atoms with Gasteiger partial charge in [-0.15, -0.1) is 11.3 Å². The van der Waals surface area contributed by atoms with Crippen LogP contribution in [0.5, 0.6) is 0 Å². The number of rotatable bonds is 4. The highest BCUT2D eigenvalue weighted by Crippen LogP contribution is 2.31. The van der Waals surface area contributed by atoms with Gasteiger partial charge in [0.1, 0.15) is 5.01 Å². The van der Waals surface area contributed by atoms with Gasteiger partial charge in [-0.1, -0.05) is 18.2 Å². The molecule has 0 bridgehead atoms. The van der Waals surface area contributed by atoms with Crippen molar-refractivity contribution >= 4 is 39.7 Å². The molecule has 3 aromatic rings. The van der Waals surface area contributed by atoms with Crippen LogP contribution in [0.4, 0.5) is 0 Å². The third-order valence-electron chi connectivity index (χ3n) is 3.43. The lowest BCUT2D eigenvalue weighted by molar-refractivity contribution is -0.118. The SMILES string of the molecule is COC(=O)c1csc(C(=CNC(C)=O)c2c[nH]c3ccccc23)n1. The van der Waals surface area contributed by atoms with E-state index in [2.05, 4.69) is 15.3 Å². The first-order chi connectivity index (χ1) is 11.6. The van der Waals surface area contributed by atoms with E-state index in [0.717, 1.165) is 22.0 Å². The maximum atomic E-state index is 11.6. The number of hydrogen-bond donors (Lipinski definition) is 2. The number of carbonyl (C=O) groups is 2. The molecule has 1 aromatic carbocycles. The van der Waals surface area contributed by atoms with Crippen LogP contribution in [0.15, 0.2) is 42.0 Å². The van der Waals surface area contributed by atoms with Crippen molar-refractivity contribution in [1.82, 2.24) is 15.3 Å². The number of H-pyrrole nitrogens is 1. The van der Waals surface area contributed by atoms with E-state index >= 15 is 0 Å². The topological polar surface area (TPSA) is 84.1 Å². The van der Waals surface area contributed by atoms with Crippen molar-refractivity contribution in [2.24, 2.45) is 0 Å². The van der Waals surface area contributed by atoms with Crippen molar-refractivity contribution in [2.75, 3.05) is 7.11 Å². The van der Waals surface area contributed by atoms with E-state index in [1.165, 1.54) is 25.4 Å². The summed E-state index contributed by atoms with van der Waals surface area (Å²) in [5.74, 6) is -0.674. The molecule has 2 aromatic heterocycles. The van der Waals surface area contributed by atoms with Crippen molar-refractivity contribution in [3.05, 3.63) is 58.3 Å². The molecule has 0 aliphatic carbocycles. The van der Waals surface area contributed by atoms with Crippen LogP contribution in [-0.4, -0.2) is 29.0 Å².